The molecule has 3 aromatic rings. The van der Waals surface area contributed by atoms with E-state index in [4.69, 9.17) is 0 Å². The lowest BCUT2D eigenvalue weighted by Crippen LogP contribution is -2.46. The summed E-state index contributed by atoms with van der Waals surface area (Å²) in [5, 5.41) is 18.7. The zero-order valence-corrected chi connectivity index (χ0v) is 19.4. The fourth-order valence-corrected chi connectivity index (χ4v) is 4.56. The van der Waals surface area contributed by atoms with Gasteiger partial charge in [-0.2, -0.15) is 0 Å². The number of nitrogens with zero attached hydrogens (tertiary/aromatic N) is 3. The highest BCUT2D eigenvalue weighted by atomic mass is 35.5. The number of aromatic carboxylic acids is 1. The largest absolute Gasteiger partial charge is 0.477 e. The van der Waals surface area contributed by atoms with Gasteiger partial charge in [-0.3, -0.25) is 9.69 Å². The number of aliphatic hydroxyl groups is 1. The Hall–Kier alpha value is -2.94. The first-order chi connectivity index (χ1) is 15.9. The van der Waals surface area contributed by atoms with E-state index in [1.165, 1.54) is 17.8 Å². The summed E-state index contributed by atoms with van der Waals surface area (Å²) in [5.74, 6) is -1.79. The van der Waals surface area contributed by atoms with Crippen molar-refractivity contribution in [3.05, 3.63) is 75.3 Å². The molecule has 0 unspecified atom stereocenters. The van der Waals surface area contributed by atoms with Crippen molar-refractivity contribution < 1.29 is 19.4 Å². The van der Waals surface area contributed by atoms with Gasteiger partial charge in [-0.05, 0) is 36.1 Å². The van der Waals surface area contributed by atoms with Crippen LogP contribution in [0.2, 0.25) is 0 Å². The molecule has 1 saturated heterocycles. The molecule has 0 amide bonds. The molecule has 0 bridgehead atoms. The molecule has 5 rings (SSSR count). The second-order valence-corrected chi connectivity index (χ2v) is 8.87. The van der Waals surface area contributed by atoms with Crippen LogP contribution in [0.1, 0.15) is 40.4 Å². The van der Waals surface area contributed by atoms with E-state index < -0.39 is 17.2 Å². The first kappa shape index (κ1) is 24.2. The van der Waals surface area contributed by atoms with Crippen molar-refractivity contribution in [3.63, 3.8) is 0 Å². The number of hydrogen-bond acceptors (Lipinski definition) is 5. The van der Waals surface area contributed by atoms with Crippen LogP contribution in [0, 0.1) is 5.82 Å². The number of halogens is 2. The van der Waals surface area contributed by atoms with Gasteiger partial charge in [-0.15, -0.1) is 12.4 Å². The number of carbonyl (C=O) groups is 1. The second kappa shape index (κ2) is 9.74. The van der Waals surface area contributed by atoms with E-state index in [1.54, 1.807) is 6.07 Å². The van der Waals surface area contributed by atoms with Crippen molar-refractivity contribution in [1.82, 2.24) is 9.47 Å². The van der Waals surface area contributed by atoms with Gasteiger partial charge in [0.15, 0.2) is 0 Å². The predicted molar refractivity (Wildman–Crippen MR) is 130 cm³/mol. The molecular weight excluding hydrogens is 461 g/mol. The molecule has 0 atom stereocenters. The van der Waals surface area contributed by atoms with Crippen LogP contribution in [0.4, 0.5) is 10.1 Å². The van der Waals surface area contributed by atoms with E-state index in [1.807, 2.05) is 33.7 Å². The van der Waals surface area contributed by atoms with Crippen LogP contribution in [-0.4, -0.2) is 51.8 Å². The summed E-state index contributed by atoms with van der Waals surface area (Å²) in [5.41, 5.74) is 2.14. The van der Waals surface area contributed by atoms with E-state index in [0.717, 1.165) is 38.0 Å². The molecule has 0 spiro atoms. The number of anilines is 1. The maximum atomic E-state index is 15.1. The number of benzene rings is 2. The Bertz CT molecular complexity index is 1270. The second-order valence-electron chi connectivity index (χ2n) is 8.87. The van der Waals surface area contributed by atoms with E-state index in [9.17, 15) is 19.8 Å². The molecule has 1 saturated carbocycles. The number of carboxylic acids is 1. The summed E-state index contributed by atoms with van der Waals surface area (Å²) in [7, 11) is 0. The number of fused-ring (bicyclic) bond motifs is 1. The van der Waals surface area contributed by atoms with Gasteiger partial charge in [0.2, 0.25) is 5.43 Å². The Balaban J connectivity index is 0.00000274. The van der Waals surface area contributed by atoms with Crippen LogP contribution < -0.4 is 10.3 Å². The summed E-state index contributed by atoms with van der Waals surface area (Å²) >= 11 is 0. The molecule has 180 valence electrons. The van der Waals surface area contributed by atoms with E-state index in [2.05, 4.69) is 4.90 Å². The first-order valence-electron chi connectivity index (χ1n) is 11.2. The maximum Gasteiger partial charge on any atom is 0.341 e. The Morgan fingerprint density at radius 1 is 1.03 bits per heavy atom. The van der Waals surface area contributed by atoms with Crippen LogP contribution in [-0.2, 0) is 13.2 Å². The van der Waals surface area contributed by atoms with Crippen LogP contribution in [0.5, 0.6) is 0 Å². The van der Waals surface area contributed by atoms with Crippen molar-refractivity contribution in [2.45, 2.75) is 32.0 Å². The molecule has 1 aliphatic heterocycles. The smallest absolute Gasteiger partial charge is 0.341 e. The summed E-state index contributed by atoms with van der Waals surface area (Å²) in [4.78, 5) is 28.5. The van der Waals surface area contributed by atoms with Crippen molar-refractivity contribution in [2.75, 3.05) is 31.1 Å². The highest BCUT2D eigenvalue weighted by Crippen LogP contribution is 2.38. The summed E-state index contributed by atoms with van der Waals surface area (Å²) < 4.78 is 16.9. The van der Waals surface area contributed by atoms with Crippen LogP contribution >= 0.6 is 12.4 Å². The highest BCUT2D eigenvalue weighted by molar-refractivity contribution is 5.93. The minimum atomic E-state index is -1.29. The van der Waals surface area contributed by atoms with Crippen molar-refractivity contribution in [1.29, 1.82) is 0 Å². The fourth-order valence-electron chi connectivity index (χ4n) is 4.56. The SMILES string of the molecule is Cl.O=C(O)c1cn(C2CC2)c2cc(N3CCN(Cc4ccc(CO)cc4)CC3)c(F)cc2c1=O. The predicted octanol–water partition coefficient (Wildman–Crippen LogP) is 3.41. The lowest BCUT2D eigenvalue weighted by Gasteiger charge is -2.36. The molecule has 34 heavy (non-hydrogen) atoms. The van der Waals surface area contributed by atoms with Crippen molar-refractivity contribution in [3.8, 4) is 0 Å². The minimum Gasteiger partial charge on any atom is -0.477 e. The summed E-state index contributed by atoms with van der Waals surface area (Å²) in [6, 6.07) is 10.9. The molecule has 2 aliphatic rings. The lowest BCUT2D eigenvalue weighted by atomic mass is 10.1. The third kappa shape index (κ3) is 4.66. The van der Waals surface area contributed by atoms with Gasteiger partial charge in [-0.25, -0.2) is 9.18 Å². The standard InChI is InChI=1S/C25H26FN3O4.ClH/c26-21-11-19-22(29(18-5-6-18)14-20(24(19)31)25(32)33)12-23(21)28-9-7-27(8-10-28)13-16-1-3-17(15-30)4-2-16;/h1-4,11-12,14,18,30H,5-10,13,15H2,(H,32,33);1H. The van der Waals surface area contributed by atoms with Crippen LogP contribution in [0.3, 0.4) is 0 Å². The fraction of sp³-hybridized carbons (Fsp3) is 0.360. The Morgan fingerprint density at radius 3 is 2.26 bits per heavy atom. The Kier molecular flexibility index (Phi) is 6.93. The van der Waals surface area contributed by atoms with E-state index in [0.29, 0.717) is 24.3 Å². The topological polar surface area (TPSA) is 86.0 Å². The molecule has 2 fully saturated rings. The number of rotatable bonds is 6. The number of carboxylic acid groups (broad SMARTS) is 1. The third-order valence-electron chi connectivity index (χ3n) is 6.60. The van der Waals surface area contributed by atoms with Crippen molar-refractivity contribution >= 4 is 35.0 Å². The van der Waals surface area contributed by atoms with Gasteiger partial charge in [0.1, 0.15) is 11.4 Å². The van der Waals surface area contributed by atoms with Gasteiger partial charge in [-0.1, -0.05) is 24.3 Å². The average molecular weight is 488 g/mol. The molecule has 2 aromatic carbocycles. The van der Waals surface area contributed by atoms with Gasteiger partial charge in [0, 0.05) is 50.3 Å². The number of pyridine rings is 1. The monoisotopic (exact) mass is 487 g/mol. The lowest BCUT2D eigenvalue weighted by molar-refractivity contribution is 0.0695. The van der Waals surface area contributed by atoms with Crippen molar-refractivity contribution in [2.24, 2.45) is 0 Å². The zero-order chi connectivity index (χ0) is 23.1. The van der Waals surface area contributed by atoms with E-state index >= 15 is 4.39 Å². The maximum absolute atomic E-state index is 15.1. The molecule has 0 radical (unpaired) electrons. The quantitative estimate of drug-likeness (QED) is 0.554. The Labute approximate surface area is 202 Å². The molecule has 2 N–H and O–H groups in total. The zero-order valence-electron chi connectivity index (χ0n) is 18.6. The van der Waals surface area contributed by atoms with Gasteiger partial charge < -0.3 is 19.7 Å². The number of aliphatic hydroxyl groups excluding tert-OH is 1. The Morgan fingerprint density at radius 2 is 1.68 bits per heavy atom. The van der Waals surface area contributed by atoms with Crippen LogP contribution in [0.15, 0.2) is 47.4 Å². The number of hydrogen-bond donors (Lipinski definition) is 2. The van der Waals surface area contributed by atoms with E-state index in [-0.39, 0.29) is 36.0 Å². The highest BCUT2D eigenvalue weighted by Gasteiger charge is 2.28. The molecule has 1 aromatic heterocycles. The van der Waals surface area contributed by atoms with Gasteiger partial charge >= 0.3 is 5.97 Å². The first-order valence-corrected chi connectivity index (χ1v) is 11.2. The molecule has 9 heteroatoms. The minimum absolute atomic E-state index is 0. The van der Waals surface area contributed by atoms with Gasteiger partial charge in [0.25, 0.3) is 0 Å². The third-order valence-corrected chi connectivity index (χ3v) is 6.60. The molecular formula is C25H27ClFN3O4. The molecule has 2 heterocycles. The number of piperazine rings is 1. The summed E-state index contributed by atoms with van der Waals surface area (Å²) in [6.07, 6.45) is 3.25. The molecule has 1 aliphatic carbocycles. The summed E-state index contributed by atoms with van der Waals surface area (Å²) in [6.45, 7) is 3.66. The van der Waals surface area contributed by atoms with Crippen LogP contribution in [0.25, 0.3) is 10.9 Å². The normalized spacial score (nSPS) is 16.5. The average Bonchev–Trinajstić information content (AvgIpc) is 3.66. The van der Waals surface area contributed by atoms with Gasteiger partial charge in [0.05, 0.1) is 17.8 Å². The molecule has 7 nitrogen and oxygen atoms in total. The number of aromatic nitrogens is 1.